The Bertz CT molecular complexity index is 885. The Balaban J connectivity index is 4.27. The molecular formula is C52H100O6. The first-order valence-electron chi connectivity index (χ1n) is 25.7. The normalized spacial score (nSPS) is 12.1. The lowest BCUT2D eigenvalue weighted by Gasteiger charge is -2.18. The van der Waals surface area contributed by atoms with Gasteiger partial charge in [-0.1, -0.05) is 247 Å². The molecule has 0 rings (SSSR count). The van der Waals surface area contributed by atoms with Crippen molar-refractivity contribution in [2.24, 2.45) is 11.8 Å². The predicted molar refractivity (Wildman–Crippen MR) is 247 cm³/mol. The average molecular weight is 821 g/mol. The molecule has 0 aromatic heterocycles. The zero-order valence-corrected chi connectivity index (χ0v) is 39.7. The molecule has 0 radical (unpaired) electrons. The van der Waals surface area contributed by atoms with E-state index in [-0.39, 0.29) is 31.1 Å². The van der Waals surface area contributed by atoms with Crippen LogP contribution in [0, 0.1) is 11.8 Å². The van der Waals surface area contributed by atoms with E-state index in [1.54, 1.807) is 0 Å². The Morgan fingerprint density at radius 1 is 0.328 bits per heavy atom. The van der Waals surface area contributed by atoms with Crippen LogP contribution in [0.1, 0.15) is 285 Å². The maximum Gasteiger partial charge on any atom is 0.306 e. The lowest BCUT2D eigenvalue weighted by atomic mass is 10.0. The summed E-state index contributed by atoms with van der Waals surface area (Å²) in [6.45, 7) is 11.3. The standard InChI is InChI=1S/C52H100O6/c1-6-7-8-9-10-11-12-13-17-20-23-26-32-37-42-50(53)56-45-49(46-57-51(54)43-38-33-29-28-31-36-41-48(4)5)58-52(55)44-39-34-27-24-21-18-15-14-16-19-22-25-30-35-40-47(2)3/h47-49H,6-46H2,1-5H3/t49-/m1/s1. The molecule has 0 saturated carbocycles. The zero-order chi connectivity index (χ0) is 42.6. The number of hydrogen-bond acceptors (Lipinski definition) is 6. The summed E-state index contributed by atoms with van der Waals surface area (Å²) in [7, 11) is 0. The molecule has 1 atom stereocenters. The van der Waals surface area contributed by atoms with Gasteiger partial charge in [-0.25, -0.2) is 0 Å². The minimum absolute atomic E-state index is 0.0644. The van der Waals surface area contributed by atoms with E-state index in [2.05, 4.69) is 34.6 Å². The molecule has 0 aromatic rings. The highest BCUT2D eigenvalue weighted by atomic mass is 16.6. The van der Waals surface area contributed by atoms with Gasteiger partial charge in [-0.3, -0.25) is 14.4 Å². The first kappa shape index (κ1) is 56.4. The second-order valence-electron chi connectivity index (χ2n) is 18.8. The van der Waals surface area contributed by atoms with E-state index in [4.69, 9.17) is 14.2 Å². The summed E-state index contributed by atoms with van der Waals surface area (Å²) in [5.74, 6) is 0.754. The predicted octanol–water partition coefficient (Wildman–Crippen LogP) is 16.5. The molecule has 0 heterocycles. The number of hydrogen-bond donors (Lipinski definition) is 0. The van der Waals surface area contributed by atoms with Crippen LogP contribution in [-0.4, -0.2) is 37.2 Å². The molecule has 344 valence electrons. The Hall–Kier alpha value is -1.59. The summed E-state index contributed by atoms with van der Waals surface area (Å²) >= 11 is 0. The third-order valence-corrected chi connectivity index (χ3v) is 11.7. The highest BCUT2D eigenvalue weighted by molar-refractivity contribution is 5.71. The van der Waals surface area contributed by atoms with Crippen LogP contribution in [0.5, 0.6) is 0 Å². The maximum atomic E-state index is 12.8. The van der Waals surface area contributed by atoms with Crippen molar-refractivity contribution in [2.75, 3.05) is 13.2 Å². The Labute approximate surface area is 361 Å². The first-order valence-corrected chi connectivity index (χ1v) is 25.7. The second kappa shape index (κ2) is 44.9. The largest absolute Gasteiger partial charge is 0.462 e. The highest BCUT2D eigenvalue weighted by Crippen LogP contribution is 2.17. The van der Waals surface area contributed by atoms with Gasteiger partial charge in [0.25, 0.3) is 0 Å². The van der Waals surface area contributed by atoms with Crippen molar-refractivity contribution in [3.63, 3.8) is 0 Å². The summed E-state index contributed by atoms with van der Waals surface area (Å²) in [6, 6.07) is 0. The molecule has 6 nitrogen and oxygen atoms in total. The molecule has 0 aromatic carbocycles. The van der Waals surface area contributed by atoms with Gasteiger partial charge in [0.1, 0.15) is 13.2 Å². The number of unbranched alkanes of at least 4 members (excludes halogenated alkanes) is 31. The molecule has 6 heteroatoms. The SMILES string of the molecule is CCCCCCCCCCCCCCCCC(=O)OC[C@H](COC(=O)CCCCCCCCC(C)C)OC(=O)CCCCCCCCCCCCCCCCC(C)C. The quantitative estimate of drug-likeness (QED) is 0.0346. The topological polar surface area (TPSA) is 78.9 Å². The Kier molecular flexibility index (Phi) is 43.7. The summed E-state index contributed by atoms with van der Waals surface area (Å²) < 4.78 is 16.8. The van der Waals surface area contributed by atoms with Crippen molar-refractivity contribution in [1.29, 1.82) is 0 Å². The van der Waals surface area contributed by atoms with Gasteiger partial charge in [0.2, 0.25) is 0 Å². The fourth-order valence-corrected chi connectivity index (χ4v) is 7.81. The van der Waals surface area contributed by atoms with Crippen LogP contribution in [0.3, 0.4) is 0 Å². The van der Waals surface area contributed by atoms with Crippen LogP contribution in [0.2, 0.25) is 0 Å². The lowest BCUT2D eigenvalue weighted by molar-refractivity contribution is -0.167. The third kappa shape index (κ3) is 45.5. The van der Waals surface area contributed by atoms with E-state index in [1.165, 1.54) is 173 Å². The summed E-state index contributed by atoms with van der Waals surface area (Å²) in [6.07, 6.45) is 45.3. The van der Waals surface area contributed by atoms with Crippen molar-refractivity contribution in [2.45, 2.75) is 291 Å². The van der Waals surface area contributed by atoms with Gasteiger partial charge in [0.05, 0.1) is 0 Å². The van der Waals surface area contributed by atoms with Crippen LogP contribution in [-0.2, 0) is 28.6 Å². The van der Waals surface area contributed by atoms with Crippen molar-refractivity contribution in [3.05, 3.63) is 0 Å². The summed E-state index contributed by atoms with van der Waals surface area (Å²) in [5.41, 5.74) is 0. The number of rotatable bonds is 46. The monoisotopic (exact) mass is 821 g/mol. The van der Waals surface area contributed by atoms with Crippen molar-refractivity contribution >= 4 is 17.9 Å². The van der Waals surface area contributed by atoms with E-state index in [9.17, 15) is 14.4 Å². The number of esters is 3. The van der Waals surface area contributed by atoms with E-state index in [0.29, 0.717) is 19.3 Å². The minimum atomic E-state index is -0.762. The van der Waals surface area contributed by atoms with E-state index in [1.807, 2.05) is 0 Å². The van der Waals surface area contributed by atoms with Gasteiger partial charge < -0.3 is 14.2 Å². The smallest absolute Gasteiger partial charge is 0.306 e. The second-order valence-corrected chi connectivity index (χ2v) is 18.8. The van der Waals surface area contributed by atoms with Gasteiger partial charge in [-0.05, 0) is 31.1 Å². The molecule has 0 N–H and O–H groups in total. The molecule has 0 unspecified atom stereocenters. The van der Waals surface area contributed by atoms with Crippen LogP contribution in [0.15, 0.2) is 0 Å². The van der Waals surface area contributed by atoms with Crippen molar-refractivity contribution < 1.29 is 28.6 Å². The van der Waals surface area contributed by atoms with Crippen LogP contribution >= 0.6 is 0 Å². The van der Waals surface area contributed by atoms with Crippen LogP contribution < -0.4 is 0 Å². The first-order chi connectivity index (χ1) is 28.2. The maximum absolute atomic E-state index is 12.8. The van der Waals surface area contributed by atoms with E-state index < -0.39 is 6.10 Å². The third-order valence-electron chi connectivity index (χ3n) is 11.7. The average Bonchev–Trinajstić information content (AvgIpc) is 3.19. The Morgan fingerprint density at radius 2 is 0.569 bits per heavy atom. The fraction of sp³-hybridized carbons (Fsp3) is 0.942. The van der Waals surface area contributed by atoms with Crippen molar-refractivity contribution in [1.82, 2.24) is 0 Å². The molecule has 0 bridgehead atoms. The molecule has 0 spiro atoms. The molecular weight excluding hydrogens is 721 g/mol. The molecule has 0 saturated heterocycles. The fourth-order valence-electron chi connectivity index (χ4n) is 7.81. The van der Waals surface area contributed by atoms with Gasteiger partial charge in [0, 0.05) is 19.3 Å². The number of ether oxygens (including phenoxy) is 3. The Morgan fingerprint density at radius 3 is 0.845 bits per heavy atom. The van der Waals surface area contributed by atoms with E-state index >= 15 is 0 Å². The van der Waals surface area contributed by atoms with Gasteiger partial charge in [-0.15, -0.1) is 0 Å². The summed E-state index contributed by atoms with van der Waals surface area (Å²) in [5, 5.41) is 0. The van der Waals surface area contributed by atoms with Gasteiger partial charge in [0.15, 0.2) is 6.10 Å². The van der Waals surface area contributed by atoms with Gasteiger partial charge >= 0.3 is 17.9 Å². The minimum Gasteiger partial charge on any atom is -0.462 e. The molecule has 0 aliphatic heterocycles. The van der Waals surface area contributed by atoms with Gasteiger partial charge in [-0.2, -0.15) is 0 Å². The number of carbonyl (C=O) groups excluding carboxylic acids is 3. The lowest BCUT2D eigenvalue weighted by Crippen LogP contribution is -2.30. The zero-order valence-electron chi connectivity index (χ0n) is 39.7. The van der Waals surface area contributed by atoms with Crippen molar-refractivity contribution in [3.8, 4) is 0 Å². The number of carbonyl (C=O) groups is 3. The molecule has 58 heavy (non-hydrogen) atoms. The molecule has 0 aliphatic carbocycles. The molecule has 0 aliphatic rings. The van der Waals surface area contributed by atoms with Crippen LogP contribution in [0.4, 0.5) is 0 Å². The van der Waals surface area contributed by atoms with E-state index in [0.717, 1.165) is 69.6 Å². The molecule has 0 fully saturated rings. The van der Waals surface area contributed by atoms with Crippen LogP contribution in [0.25, 0.3) is 0 Å². The highest BCUT2D eigenvalue weighted by Gasteiger charge is 2.19. The molecule has 0 amide bonds. The summed E-state index contributed by atoms with van der Waals surface area (Å²) in [4.78, 5) is 37.9.